The molecule has 0 spiro atoms. The van der Waals surface area contributed by atoms with Crippen LogP contribution in [0.4, 0.5) is 27.4 Å². The van der Waals surface area contributed by atoms with Gasteiger partial charge in [-0.3, -0.25) is 9.89 Å². The number of hydrogen-bond donors (Lipinski definition) is 3. The van der Waals surface area contributed by atoms with Crippen LogP contribution in [0, 0.1) is 5.82 Å². The van der Waals surface area contributed by atoms with Crippen LogP contribution in [0.15, 0.2) is 55.3 Å². The van der Waals surface area contributed by atoms with E-state index in [2.05, 4.69) is 54.2 Å². The molecule has 11 heteroatoms. The number of amides is 1. The van der Waals surface area contributed by atoms with E-state index >= 15 is 0 Å². The molecule has 1 aliphatic heterocycles. The summed E-state index contributed by atoms with van der Waals surface area (Å²) in [5, 5.41) is 13.9. The molecule has 1 fully saturated rings. The van der Waals surface area contributed by atoms with E-state index in [0.717, 1.165) is 43.6 Å². The highest BCUT2D eigenvalue weighted by Gasteiger charge is 2.19. The van der Waals surface area contributed by atoms with E-state index in [1.165, 1.54) is 24.4 Å². The van der Waals surface area contributed by atoms with Crippen molar-refractivity contribution in [3.05, 3.63) is 66.1 Å². The number of halogens is 2. The van der Waals surface area contributed by atoms with Crippen molar-refractivity contribution in [3.63, 3.8) is 0 Å². The molecule has 0 atom stereocenters. The number of nitrogens with zero attached hydrogens (tertiary/aromatic N) is 5. The number of piperazine rings is 1. The molecule has 0 radical (unpaired) electrons. The molecule has 0 bridgehead atoms. The molecule has 4 aromatic rings. The van der Waals surface area contributed by atoms with E-state index < -0.39 is 11.7 Å². The Labute approximate surface area is 212 Å². The van der Waals surface area contributed by atoms with Crippen molar-refractivity contribution in [1.29, 1.82) is 0 Å². The van der Waals surface area contributed by atoms with Crippen LogP contribution in [0.2, 0.25) is 5.02 Å². The van der Waals surface area contributed by atoms with Crippen LogP contribution in [-0.2, 0) is 4.79 Å². The molecule has 36 heavy (non-hydrogen) atoms. The third kappa shape index (κ3) is 4.86. The smallest absolute Gasteiger partial charge is 0.247 e. The molecule has 1 saturated heterocycles. The Balaban J connectivity index is 1.50. The minimum atomic E-state index is -0.498. The van der Waals surface area contributed by atoms with Crippen molar-refractivity contribution in [2.45, 2.75) is 0 Å². The Bertz CT molecular complexity index is 1450. The first-order chi connectivity index (χ1) is 17.4. The second kappa shape index (κ2) is 9.92. The van der Waals surface area contributed by atoms with Crippen LogP contribution in [0.1, 0.15) is 0 Å². The van der Waals surface area contributed by atoms with Gasteiger partial charge in [-0.25, -0.2) is 9.37 Å². The van der Waals surface area contributed by atoms with Crippen molar-refractivity contribution in [3.8, 4) is 11.3 Å². The Morgan fingerprint density at radius 2 is 1.92 bits per heavy atom. The number of nitrogens with one attached hydrogen (secondary N) is 3. The zero-order valence-corrected chi connectivity index (χ0v) is 20.3. The van der Waals surface area contributed by atoms with Gasteiger partial charge in [0.1, 0.15) is 5.82 Å². The highest BCUT2D eigenvalue weighted by molar-refractivity contribution is 6.33. The number of aromatic amines is 1. The molecule has 5 rings (SSSR count). The normalized spacial score (nSPS) is 14.1. The Hall–Kier alpha value is -4.02. The lowest BCUT2D eigenvalue weighted by molar-refractivity contribution is -0.111. The van der Waals surface area contributed by atoms with Gasteiger partial charge in [-0.1, -0.05) is 18.2 Å². The fraction of sp³-hybridized carbons (Fsp3) is 0.200. The first-order valence-electron chi connectivity index (χ1n) is 11.4. The summed E-state index contributed by atoms with van der Waals surface area (Å²) in [5.41, 5.74) is 3.05. The summed E-state index contributed by atoms with van der Waals surface area (Å²) in [6, 6.07) is 9.90. The number of H-pyrrole nitrogens is 1. The lowest BCUT2D eigenvalue weighted by atomic mass is 10.1. The number of rotatable bonds is 6. The molecule has 2 aromatic carbocycles. The van der Waals surface area contributed by atoms with Crippen LogP contribution in [0.25, 0.3) is 22.3 Å². The molecular weight excluding hydrogens is 483 g/mol. The molecule has 3 N–H and O–H groups in total. The molecule has 1 amide bonds. The lowest BCUT2D eigenvalue weighted by Gasteiger charge is -2.34. The first kappa shape index (κ1) is 23.7. The van der Waals surface area contributed by atoms with Gasteiger partial charge in [0.25, 0.3) is 0 Å². The van der Waals surface area contributed by atoms with Gasteiger partial charge in [-0.15, -0.1) is 0 Å². The average Bonchev–Trinajstić information content (AvgIpc) is 3.35. The van der Waals surface area contributed by atoms with Gasteiger partial charge in [0.05, 0.1) is 28.0 Å². The average molecular weight is 507 g/mol. The second-order valence-electron chi connectivity index (χ2n) is 8.50. The Kier molecular flexibility index (Phi) is 6.53. The van der Waals surface area contributed by atoms with E-state index in [-0.39, 0.29) is 11.5 Å². The predicted molar refractivity (Wildman–Crippen MR) is 140 cm³/mol. The van der Waals surface area contributed by atoms with Crippen molar-refractivity contribution in [2.75, 3.05) is 48.8 Å². The molecule has 9 nitrogen and oxygen atoms in total. The van der Waals surface area contributed by atoms with Gasteiger partial charge in [-0.2, -0.15) is 10.1 Å². The minimum absolute atomic E-state index is 0.197. The number of fused-ring (bicyclic) bond motifs is 1. The summed E-state index contributed by atoms with van der Waals surface area (Å²) in [6.45, 7) is 7.10. The highest BCUT2D eigenvalue weighted by Crippen LogP contribution is 2.33. The fourth-order valence-electron chi connectivity index (χ4n) is 4.08. The fourth-order valence-corrected chi connectivity index (χ4v) is 4.32. The van der Waals surface area contributed by atoms with Gasteiger partial charge in [-0.05, 0) is 49.5 Å². The van der Waals surface area contributed by atoms with Gasteiger partial charge in [0, 0.05) is 43.1 Å². The Morgan fingerprint density at radius 1 is 1.14 bits per heavy atom. The monoisotopic (exact) mass is 506 g/mol. The van der Waals surface area contributed by atoms with E-state index in [1.807, 2.05) is 18.2 Å². The number of carbonyl (C=O) groups is 1. The topological polar surface area (TPSA) is 102 Å². The summed E-state index contributed by atoms with van der Waals surface area (Å²) in [5.74, 6) is -0.638. The summed E-state index contributed by atoms with van der Waals surface area (Å²) < 4.78 is 14.9. The maximum Gasteiger partial charge on any atom is 0.247 e. The highest BCUT2D eigenvalue weighted by atomic mass is 35.5. The maximum absolute atomic E-state index is 14.9. The van der Waals surface area contributed by atoms with E-state index in [1.54, 1.807) is 0 Å². The van der Waals surface area contributed by atoms with Crippen LogP contribution in [0.5, 0.6) is 0 Å². The summed E-state index contributed by atoms with van der Waals surface area (Å²) in [6.07, 6.45) is 2.68. The SMILES string of the molecule is C=CC(=O)Nc1ccc(F)c(-c2nc(Nc3ccc(Cl)c(N4CCN(C)CC4)c3)nc3[nH]ncc23)c1. The number of anilines is 4. The zero-order valence-electron chi connectivity index (χ0n) is 19.6. The van der Waals surface area contributed by atoms with Crippen LogP contribution >= 0.6 is 11.6 Å². The first-order valence-corrected chi connectivity index (χ1v) is 11.7. The molecular formula is C25H24ClFN8O. The van der Waals surface area contributed by atoms with Crippen molar-refractivity contribution in [1.82, 2.24) is 25.1 Å². The van der Waals surface area contributed by atoms with Crippen LogP contribution in [0.3, 0.4) is 0 Å². The molecule has 1 aliphatic rings. The third-order valence-electron chi connectivity index (χ3n) is 6.03. The molecule has 2 aromatic heterocycles. The Morgan fingerprint density at radius 3 is 2.69 bits per heavy atom. The largest absolute Gasteiger partial charge is 0.368 e. The lowest BCUT2D eigenvalue weighted by Crippen LogP contribution is -2.44. The predicted octanol–water partition coefficient (Wildman–Crippen LogP) is 4.43. The maximum atomic E-state index is 14.9. The number of aromatic nitrogens is 4. The van der Waals surface area contributed by atoms with Gasteiger partial charge >= 0.3 is 0 Å². The molecule has 3 heterocycles. The number of benzene rings is 2. The van der Waals surface area contributed by atoms with Crippen molar-refractivity contribution >= 4 is 51.6 Å². The van der Waals surface area contributed by atoms with E-state index in [0.29, 0.717) is 27.4 Å². The van der Waals surface area contributed by atoms with Crippen molar-refractivity contribution in [2.24, 2.45) is 0 Å². The zero-order chi connectivity index (χ0) is 25.2. The minimum Gasteiger partial charge on any atom is -0.368 e. The van der Waals surface area contributed by atoms with Gasteiger partial charge in [0.2, 0.25) is 11.9 Å². The number of hydrogen-bond acceptors (Lipinski definition) is 7. The molecule has 184 valence electrons. The molecule has 0 aliphatic carbocycles. The van der Waals surface area contributed by atoms with E-state index in [4.69, 9.17) is 11.6 Å². The van der Waals surface area contributed by atoms with E-state index in [9.17, 15) is 9.18 Å². The molecule has 0 saturated carbocycles. The van der Waals surface area contributed by atoms with Crippen LogP contribution in [-0.4, -0.2) is 64.2 Å². The second-order valence-corrected chi connectivity index (χ2v) is 8.90. The third-order valence-corrected chi connectivity index (χ3v) is 6.35. The van der Waals surface area contributed by atoms with Crippen molar-refractivity contribution < 1.29 is 9.18 Å². The molecule has 0 unspecified atom stereocenters. The van der Waals surface area contributed by atoms with Crippen LogP contribution < -0.4 is 15.5 Å². The summed E-state index contributed by atoms with van der Waals surface area (Å²) in [4.78, 5) is 25.4. The number of carbonyl (C=O) groups excluding carboxylic acids is 1. The summed E-state index contributed by atoms with van der Waals surface area (Å²) >= 11 is 6.51. The summed E-state index contributed by atoms with van der Waals surface area (Å²) in [7, 11) is 2.10. The number of likely N-dealkylation sites (N-methyl/N-ethyl adjacent to an activating group) is 1. The quantitative estimate of drug-likeness (QED) is 0.332. The van der Waals surface area contributed by atoms with Gasteiger partial charge < -0.3 is 20.4 Å². The standard InChI is InChI=1S/C25H24ClFN8O/c1-3-22(36)29-15-5-7-20(27)17(12-15)23-18-14-28-33-24(18)32-25(31-23)30-16-4-6-19(26)21(13-16)35-10-8-34(2)9-11-35/h3-7,12-14H,1,8-11H2,2H3,(H,29,36)(H2,28,30,31,32,33). The van der Waals surface area contributed by atoms with Gasteiger partial charge in [0.15, 0.2) is 5.65 Å².